The number of nitrogens with one attached hydrogen (secondary N) is 1. The van der Waals surface area contributed by atoms with E-state index in [1.54, 1.807) is 17.4 Å². The summed E-state index contributed by atoms with van der Waals surface area (Å²) in [5.41, 5.74) is 0.0573. The van der Waals surface area contributed by atoms with E-state index in [0.29, 0.717) is 11.0 Å². The van der Waals surface area contributed by atoms with Gasteiger partial charge in [0.25, 0.3) is 5.91 Å². The van der Waals surface area contributed by atoms with Crippen LogP contribution in [0.4, 0.5) is 4.39 Å². The topological polar surface area (TPSA) is 32.3 Å². The lowest BCUT2D eigenvalue weighted by molar-refractivity contribution is 0.0938. The van der Waals surface area contributed by atoms with E-state index in [0.717, 1.165) is 4.88 Å². The van der Waals surface area contributed by atoms with Crippen molar-refractivity contribution in [3.8, 4) is 0 Å². The molecule has 1 atom stereocenters. The zero-order valence-corrected chi connectivity index (χ0v) is 14.2. The maximum Gasteiger partial charge on any atom is 0.254 e. The van der Waals surface area contributed by atoms with Crippen molar-refractivity contribution in [3.63, 3.8) is 0 Å². The monoisotopic (exact) mass is 370 g/mol. The van der Waals surface area contributed by atoms with Crippen molar-refractivity contribution in [1.29, 1.82) is 0 Å². The van der Waals surface area contributed by atoms with Crippen LogP contribution in [0, 0.1) is 5.82 Å². The Morgan fingerprint density at radius 2 is 2.19 bits per heavy atom. The van der Waals surface area contributed by atoms with Gasteiger partial charge in [-0.25, -0.2) is 4.39 Å². The Morgan fingerprint density at radius 1 is 1.43 bits per heavy atom. The highest BCUT2D eigenvalue weighted by molar-refractivity contribution is 9.10. The molecule has 21 heavy (non-hydrogen) atoms. The molecule has 1 N–H and O–H groups in total. The first-order valence-corrected chi connectivity index (χ1v) is 8.09. The van der Waals surface area contributed by atoms with Gasteiger partial charge in [-0.05, 0) is 43.7 Å². The number of hydrogen-bond donors (Lipinski definition) is 1. The number of likely N-dealkylation sites (N-methyl/N-ethyl adjacent to an activating group) is 1. The predicted molar refractivity (Wildman–Crippen MR) is 87.2 cm³/mol. The third-order valence-electron chi connectivity index (χ3n) is 3.13. The van der Waals surface area contributed by atoms with Crippen LogP contribution in [0.1, 0.15) is 21.3 Å². The van der Waals surface area contributed by atoms with Crippen molar-refractivity contribution in [1.82, 2.24) is 10.2 Å². The highest BCUT2D eigenvalue weighted by Crippen LogP contribution is 2.22. The minimum absolute atomic E-state index is 0.0573. The highest BCUT2D eigenvalue weighted by Gasteiger charge is 2.18. The Bertz CT molecular complexity index is 616. The molecule has 0 aliphatic carbocycles. The van der Waals surface area contributed by atoms with Gasteiger partial charge in [0.05, 0.1) is 11.6 Å². The first-order valence-electron chi connectivity index (χ1n) is 6.42. The number of carbonyl (C=O) groups is 1. The lowest BCUT2D eigenvalue weighted by atomic mass is 10.1. The van der Waals surface area contributed by atoms with Crippen LogP contribution in [0.5, 0.6) is 0 Å². The lowest BCUT2D eigenvalue weighted by Gasteiger charge is -2.23. The van der Waals surface area contributed by atoms with E-state index in [2.05, 4.69) is 21.2 Å². The van der Waals surface area contributed by atoms with Gasteiger partial charge in [0, 0.05) is 15.9 Å². The Morgan fingerprint density at radius 3 is 2.76 bits per heavy atom. The van der Waals surface area contributed by atoms with E-state index >= 15 is 0 Å². The van der Waals surface area contributed by atoms with Gasteiger partial charge < -0.3 is 10.2 Å². The van der Waals surface area contributed by atoms with Crippen molar-refractivity contribution in [3.05, 3.63) is 56.4 Å². The van der Waals surface area contributed by atoms with Gasteiger partial charge in [0.1, 0.15) is 5.82 Å². The number of nitrogens with zero attached hydrogens (tertiary/aromatic N) is 1. The van der Waals surface area contributed by atoms with Crippen molar-refractivity contribution in [2.24, 2.45) is 0 Å². The number of amides is 1. The number of rotatable bonds is 5. The molecule has 6 heteroatoms. The summed E-state index contributed by atoms with van der Waals surface area (Å²) in [6.07, 6.45) is 0. The van der Waals surface area contributed by atoms with Gasteiger partial charge >= 0.3 is 0 Å². The van der Waals surface area contributed by atoms with Crippen LogP contribution in [0.15, 0.2) is 40.2 Å². The molecule has 1 aromatic heterocycles. The molecular weight excluding hydrogens is 355 g/mol. The zero-order chi connectivity index (χ0) is 15.4. The Balaban J connectivity index is 2.05. The molecule has 1 aromatic carbocycles. The van der Waals surface area contributed by atoms with Gasteiger partial charge in [0.2, 0.25) is 0 Å². The summed E-state index contributed by atoms with van der Waals surface area (Å²) in [7, 11) is 3.91. The van der Waals surface area contributed by atoms with E-state index in [1.807, 2.05) is 36.5 Å². The standard InChI is InChI=1S/C15H16BrFN2OS/c1-19(2)13(14-4-3-7-21-14)9-18-15(20)11-6-5-10(16)8-12(11)17/h3-8,13H,9H2,1-2H3,(H,18,20). The Hall–Kier alpha value is -1.24. The van der Waals surface area contributed by atoms with E-state index in [-0.39, 0.29) is 11.6 Å². The van der Waals surface area contributed by atoms with Gasteiger partial charge in [-0.3, -0.25) is 4.79 Å². The SMILES string of the molecule is CN(C)C(CNC(=O)c1ccc(Br)cc1F)c1cccs1. The second-order valence-electron chi connectivity index (χ2n) is 4.83. The summed E-state index contributed by atoms with van der Waals surface area (Å²) in [4.78, 5) is 15.3. The van der Waals surface area contributed by atoms with Crippen LogP contribution in [-0.4, -0.2) is 31.4 Å². The lowest BCUT2D eigenvalue weighted by Crippen LogP contribution is -2.34. The minimum atomic E-state index is -0.528. The van der Waals surface area contributed by atoms with Crippen molar-refractivity contribution in [2.45, 2.75) is 6.04 Å². The average molecular weight is 371 g/mol. The fourth-order valence-corrected chi connectivity index (χ4v) is 3.23. The number of thiophene rings is 1. The molecule has 0 saturated heterocycles. The molecule has 2 rings (SSSR count). The second kappa shape index (κ2) is 7.15. The smallest absolute Gasteiger partial charge is 0.254 e. The predicted octanol–water partition coefficient (Wildman–Crippen LogP) is 3.68. The maximum atomic E-state index is 13.8. The first-order chi connectivity index (χ1) is 9.99. The highest BCUT2D eigenvalue weighted by atomic mass is 79.9. The van der Waals surface area contributed by atoms with E-state index in [4.69, 9.17) is 0 Å². The van der Waals surface area contributed by atoms with Crippen molar-refractivity contribution in [2.75, 3.05) is 20.6 Å². The average Bonchev–Trinajstić information content (AvgIpc) is 2.92. The van der Waals surface area contributed by atoms with Crippen LogP contribution in [-0.2, 0) is 0 Å². The number of hydrogen-bond acceptors (Lipinski definition) is 3. The van der Waals surface area contributed by atoms with Crippen LogP contribution < -0.4 is 5.32 Å². The van der Waals surface area contributed by atoms with Gasteiger partial charge in [-0.1, -0.05) is 22.0 Å². The summed E-state index contributed by atoms with van der Waals surface area (Å²) in [5.74, 6) is -0.928. The largest absolute Gasteiger partial charge is 0.350 e. The van der Waals surface area contributed by atoms with Gasteiger partial charge in [-0.2, -0.15) is 0 Å². The summed E-state index contributed by atoms with van der Waals surface area (Å²) in [5, 5.41) is 4.80. The summed E-state index contributed by atoms with van der Waals surface area (Å²) < 4.78 is 14.4. The number of halogens is 2. The van der Waals surface area contributed by atoms with E-state index in [1.165, 1.54) is 12.1 Å². The molecule has 1 unspecified atom stereocenters. The van der Waals surface area contributed by atoms with Crippen molar-refractivity contribution >= 4 is 33.2 Å². The van der Waals surface area contributed by atoms with Crippen LogP contribution in [0.25, 0.3) is 0 Å². The van der Waals surface area contributed by atoms with Crippen molar-refractivity contribution < 1.29 is 9.18 Å². The molecular formula is C15H16BrFN2OS. The molecule has 112 valence electrons. The normalized spacial score (nSPS) is 12.4. The quantitative estimate of drug-likeness (QED) is 0.870. The third-order valence-corrected chi connectivity index (χ3v) is 4.59. The summed E-state index contributed by atoms with van der Waals surface area (Å²) >= 11 is 4.81. The summed E-state index contributed by atoms with van der Waals surface area (Å²) in [6, 6.07) is 8.50. The minimum Gasteiger partial charge on any atom is -0.350 e. The molecule has 3 nitrogen and oxygen atoms in total. The molecule has 0 fully saturated rings. The summed E-state index contributed by atoms with van der Waals surface area (Å²) in [6.45, 7) is 0.432. The van der Waals surface area contributed by atoms with Gasteiger partial charge in [-0.15, -0.1) is 11.3 Å². The Kier molecular flexibility index (Phi) is 5.50. The van der Waals surface area contributed by atoms with E-state index < -0.39 is 11.7 Å². The third kappa shape index (κ3) is 4.12. The fourth-order valence-electron chi connectivity index (χ4n) is 1.98. The molecule has 0 spiro atoms. The molecule has 1 heterocycles. The van der Waals surface area contributed by atoms with Crippen LogP contribution in [0.3, 0.4) is 0 Å². The molecule has 0 bridgehead atoms. The second-order valence-corrected chi connectivity index (χ2v) is 6.72. The zero-order valence-electron chi connectivity index (χ0n) is 11.8. The fraction of sp³-hybridized carbons (Fsp3) is 0.267. The molecule has 0 saturated carbocycles. The molecule has 1 amide bonds. The molecule has 2 aromatic rings. The molecule has 0 aliphatic heterocycles. The maximum absolute atomic E-state index is 13.8. The van der Waals surface area contributed by atoms with Gasteiger partial charge in [0.15, 0.2) is 0 Å². The number of carbonyl (C=O) groups excluding carboxylic acids is 1. The first kappa shape index (κ1) is 16.1. The van der Waals surface area contributed by atoms with Crippen LogP contribution >= 0.6 is 27.3 Å². The molecule has 0 radical (unpaired) electrons. The van der Waals surface area contributed by atoms with E-state index in [9.17, 15) is 9.18 Å². The molecule has 0 aliphatic rings. The number of benzene rings is 1. The van der Waals surface area contributed by atoms with Crippen LogP contribution in [0.2, 0.25) is 0 Å². The Labute approximate surface area is 135 Å².